The third-order valence-corrected chi connectivity index (χ3v) is 18.8. The molecular weight excluding hydrogens is 1070 g/mol. The maximum absolute atomic E-state index is 15.2. The summed E-state index contributed by atoms with van der Waals surface area (Å²) >= 11 is 1.33. The highest BCUT2D eigenvalue weighted by Gasteiger charge is 2.57. The number of halogens is 3. The van der Waals surface area contributed by atoms with Crippen molar-refractivity contribution >= 4 is 51.6 Å². The number of piperazine rings is 1. The van der Waals surface area contributed by atoms with Crippen LogP contribution in [0.5, 0.6) is 0 Å². The fourth-order valence-electron chi connectivity index (χ4n) is 13.5. The van der Waals surface area contributed by atoms with Crippen molar-refractivity contribution in [3.05, 3.63) is 52.1 Å². The van der Waals surface area contributed by atoms with Crippen molar-refractivity contribution in [2.24, 2.45) is 17.3 Å². The Morgan fingerprint density at radius 2 is 1.83 bits per heavy atom. The highest BCUT2D eigenvalue weighted by molar-refractivity contribution is 7.10. The van der Waals surface area contributed by atoms with Crippen LogP contribution in [0.15, 0.2) is 35.8 Å². The number of carbonyl (C=O) groups is 4. The van der Waals surface area contributed by atoms with Gasteiger partial charge in [0, 0.05) is 98.2 Å². The zero-order valence-electron chi connectivity index (χ0n) is 47.2. The van der Waals surface area contributed by atoms with E-state index in [-0.39, 0.29) is 61.9 Å². The summed E-state index contributed by atoms with van der Waals surface area (Å²) in [5.41, 5.74) is 6.05. The van der Waals surface area contributed by atoms with E-state index in [2.05, 4.69) is 30.8 Å². The van der Waals surface area contributed by atoms with Gasteiger partial charge in [-0.05, 0) is 74.6 Å². The highest BCUT2D eigenvalue weighted by atomic mass is 32.1. The number of esters is 1. The summed E-state index contributed by atoms with van der Waals surface area (Å²) in [7, 11) is 1.56. The number of pyridine rings is 1. The van der Waals surface area contributed by atoms with Gasteiger partial charge in [-0.3, -0.25) is 44.3 Å². The number of carbonyl (C=O) groups excluding carboxylic acids is 4. The van der Waals surface area contributed by atoms with Gasteiger partial charge in [-0.2, -0.15) is 13.2 Å². The topological polar surface area (TPSA) is 198 Å². The Hall–Kier alpha value is -5.27. The standard InChI is InChI=1S/C58H76F3N11O8S/c1-33(2)50(69-17-19-80-57(28-69)29-70(30-57)54(75)49-48(65-49)35-9-10-35)52(73)64-43-22-46-63-44(27-81-46)36-11-12-45-39(20-36)41(23-56(4,5)32-79-55(76)42-8-7-13-72(66-42)53(43)74)51(71(45)31-58(59,60)61)40-21-37(24-62-47(40)34(3)77-6)68-15-14-67-16-18-78-26-38(67)25-68/h11-12,20-21,24,27,33-35,38,42-43,48-50,65-66H,7-10,13-19,22-23,25-26,28-32H2,1-6H3,(H,64,73)/t34-,38-,42-,43-,48+,49+,50-/m0/s1. The van der Waals surface area contributed by atoms with E-state index in [4.69, 9.17) is 28.9 Å². The van der Waals surface area contributed by atoms with Crippen LogP contribution in [0.4, 0.5) is 18.9 Å². The van der Waals surface area contributed by atoms with Gasteiger partial charge in [0.05, 0.1) is 91.7 Å². The highest BCUT2D eigenvalue weighted by Crippen LogP contribution is 2.45. The molecule has 0 radical (unpaired) electrons. The molecule has 6 bridgehead atoms. The molecule has 3 N–H and O–H groups in total. The second-order valence-corrected chi connectivity index (χ2v) is 26.0. The van der Waals surface area contributed by atoms with Gasteiger partial charge in [0.1, 0.15) is 30.3 Å². The number of ether oxygens (including phenoxy) is 4. The number of likely N-dealkylation sites (tertiary alicyclic amines) is 1. The maximum atomic E-state index is 15.2. The second-order valence-electron chi connectivity index (χ2n) is 25.0. The van der Waals surface area contributed by atoms with Crippen LogP contribution >= 0.6 is 11.3 Å². The molecule has 81 heavy (non-hydrogen) atoms. The fraction of sp³-hybridized carbons (Fsp3) is 0.655. The second kappa shape index (κ2) is 22.1. The van der Waals surface area contributed by atoms with Crippen LogP contribution in [0.3, 0.4) is 0 Å². The van der Waals surface area contributed by atoms with Gasteiger partial charge in [0.15, 0.2) is 0 Å². The number of morpholine rings is 2. The van der Waals surface area contributed by atoms with Gasteiger partial charge in [0.2, 0.25) is 11.8 Å². The van der Waals surface area contributed by atoms with Crippen molar-refractivity contribution in [3.63, 3.8) is 0 Å². The predicted octanol–water partition coefficient (Wildman–Crippen LogP) is 4.95. The minimum absolute atomic E-state index is 0.0228. The molecule has 19 nitrogen and oxygen atoms in total. The molecule has 3 aromatic heterocycles. The molecule has 1 aromatic carbocycles. The molecule has 7 aliphatic heterocycles. The summed E-state index contributed by atoms with van der Waals surface area (Å²) in [6.45, 7) is 15.1. The molecule has 3 amide bonds. The van der Waals surface area contributed by atoms with Gasteiger partial charge >= 0.3 is 12.1 Å². The first-order valence-corrected chi connectivity index (χ1v) is 29.9. The Labute approximate surface area is 474 Å². The Morgan fingerprint density at radius 1 is 1.01 bits per heavy atom. The number of methoxy groups -OCH3 is 1. The van der Waals surface area contributed by atoms with E-state index in [1.807, 2.05) is 57.0 Å². The molecule has 8 aliphatic rings. The molecule has 10 heterocycles. The van der Waals surface area contributed by atoms with Gasteiger partial charge in [0.25, 0.3) is 5.91 Å². The summed E-state index contributed by atoms with van der Waals surface area (Å²) in [6.07, 6.45) is -0.00594. The third-order valence-electron chi connectivity index (χ3n) is 17.9. The number of amides is 3. The Balaban J connectivity index is 0.887. The summed E-state index contributed by atoms with van der Waals surface area (Å²) in [4.78, 5) is 76.0. The van der Waals surface area contributed by atoms with Gasteiger partial charge < -0.3 is 38.6 Å². The molecule has 1 spiro atoms. The molecule has 1 aliphatic carbocycles. The number of aromatic nitrogens is 3. The number of fused-ring (bicyclic) bond motifs is 7. The van der Waals surface area contributed by atoms with E-state index in [9.17, 15) is 19.2 Å². The van der Waals surface area contributed by atoms with E-state index in [1.165, 1.54) is 20.9 Å². The number of benzene rings is 1. The molecule has 438 valence electrons. The molecule has 0 unspecified atom stereocenters. The van der Waals surface area contributed by atoms with Crippen LogP contribution in [0.1, 0.15) is 82.7 Å². The summed E-state index contributed by atoms with van der Waals surface area (Å²) < 4.78 is 71.2. The number of rotatable bonds is 11. The van der Waals surface area contributed by atoms with Crippen molar-refractivity contribution in [1.29, 1.82) is 0 Å². The van der Waals surface area contributed by atoms with E-state index >= 15 is 13.2 Å². The number of anilines is 1. The minimum Gasteiger partial charge on any atom is -0.464 e. The third kappa shape index (κ3) is 11.6. The molecule has 4 aromatic rings. The van der Waals surface area contributed by atoms with Gasteiger partial charge in [-0.1, -0.05) is 33.8 Å². The number of nitrogens with one attached hydrogen (secondary N) is 3. The zero-order chi connectivity index (χ0) is 56.7. The number of alkyl halides is 3. The Bertz CT molecular complexity index is 3050. The lowest BCUT2D eigenvalue weighted by molar-refractivity contribution is -0.197. The average Bonchev–Trinajstić information content (AvgIpc) is 3.72. The Kier molecular flexibility index (Phi) is 15.3. The van der Waals surface area contributed by atoms with Crippen molar-refractivity contribution in [2.75, 3.05) is 97.3 Å². The molecule has 12 rings (SSSR count). The summed E-state index contributed by atoms with van der Waals surface area (Å²) in [6, 6.07) is 5.03. The molecular formula is C58H76F3N11O8S. The normalized spacial score (nSPS) is 27.1. The fourth-order valence-corrected chi connectivity index (χ4v) is 14.3. The van der Waals surface area contributed by atoms with Crippen LogP contribution in [0.2, 0.25) is 0 Å². The van der Waals surface area contributed by atoms with Crippen molar-refractivity contribution < 1.29 is 51.3 Å². The number of nitrogens with zero attached hydrogens (tertiary/aromatic N) is 8. The lowest BCUT2D eigenvalue weighted by Gasteiger charge is -2.55. The lowest BCUT2D eigenvalue weighted by atomic mass is 9.84. The first-order valence-electron chi connectivity index (χ1n) is 29.0. The molecule has 1 saturated carbocycles. The average molecular weight is 1140 g/mol. The SMILES string of the molecule is CO[C@@H](C)c1ncc(N2CCN3CCOC[C@@H]3C2)cc1-c1c2c3cc(ccc3n1CC(F)(F)F)-c1csc(n1)C[C@H](NC(=O)[C@H](C(C)C)N1CCOC3(CN(C(=O)[C@@H]4N[C@@H]4C4CC4)C3)C1)C(=O)N1CCC[C@H](N1)C(=O)OCC(C)(C)C2. The predicted molar refractivity (Wildman–Crippen MR) is 297 cm³/mol. The largest absolute Gasteiger partial charge is 0.464 e. The van der Waals surface area contributed by atoms with Crippen LogP contribution < -0.4 is 21.0 Å². The first kappa shape index (κ1) is 56.2. The smallest absolute Gasteiger partial charge is 0.406 e. The van der Waals surface area contributed by atoms with E-state index in [1.54, 1.807) is 25.4 Å². The molecule has 7 atom stereocenters. The molecule has 23 heteroatoms. The maximum Gasteiger partial charge on any atom is 0.406 e. The van der Waals surface area contributed by atoms with Crippen molar-refractivity contribution in [2.45, 2.75) is 134 Å². The van der Waals surface area contributed by atoms with E-state index in [0.717, 1.165) is 31.6 Å². The monoisotopic (exact) mass is 1140 g/mol. The number of hydrazine groups is 1. The number of thiazole rings is 1. The van der Waals surface area contributed by atoms with E-state index in [0.29, 0.717) is 128 Å². The quantitative estimate of drug-likeness (QED) is 0.135. The zero-order valence-corrected chi connectivity index (χ0v) is 48.0. The van der Waals surface area contributed by atoms with Crippen molar-refractivity contribution in [3.8, 4) is 22.5 Å². The van der Waals surface area contributed by atoms with Crippen LogP contribution in [0.25, 0.3) is 33.4 Å². The molecule has 7 fully saturated rings. The van der Waals surface area contributed by atoms with E-state index < -0.39 is 59.8 Å². The summed E-state index contributed by atoms with van der Waals surface area (Å²) in [5, 5.41) is 10.9. The Morgan fingerprint density at radius 3 is 2.59 bits per heavy atom. The lowest BCUT2D eigenvalue weighted by Crippen LogP contribution is -2.73. The molecule has 6 saturated heterocycles. The summed E-state index contributed by atoms with van der Waals surface area (Å²) in [5.74, 6) is -0.797. The number of cyclic esters (lactones) is 1. The first-order chi connectivity index (χ1) is 38.7. The minimum atomic E-state index is -4.62. The van der Waals surface area contributed by atoms with Gasteiger partial charge in [-0.15, -0.1) is 11.3 Å². The number of hydrogen-bond donors (Lipinski definition) is 3. The number of hydrogen-bond acceptors (Lipinski definition) is 16. The van der Waals surface area contributed by atoms with Crippen LogP contribution in [0, 0.1) is 17.3 Å². The van der Waals surface area contributed by atoms with Crippen molar-refractivity contribution in [1.82, 2.24) is 50.3 Å². The van der Waals surface area contributed by atoms with Crippen LogP contribution in [-0.4, -0.2) is 198 Å². The van der Waals surface area contributed by atoms with Gasteiger partial charge in [-0.25, -0.2) is 10.4 Å². The van der Waals surface area contributed by atoms with Crippen LogP contribution in [-0.2, 0) is 57.5 Å².